The van der Waals surface area contributed by atoms with Crippen LogP contribution in [-0.4, -0.2) is 35.9 Å². The van der Waals surface area contributed by atoms with E-state index in [1.807, 2.05) is 4.57 Å². The van der Waals surface area contributed by atoms with Gasteiger partial charge in [-0.1, -0.05) is 6.42 Å². The Balaban J connectivity index is 1.95. The van der Waals surface area contributed by atoms with E-state index in [4.69, 9.17) is 4.74 Å². The fourth-order valence-corrected chi connectivity index (χ4v) is 3.08. The zero-order valence-electron chi connectivity index (χ0n) is 12.7. The number of ether oxygens (including phenoxy) is 1. The molecule has 22 heavy (non-hydrogen) atoms. The zero-order valence-corrected chi connectivity index (χ0v) is 12.7. The molecule has 3 rings (SSSR count). The van der Waals surface area contributed by atoms with Gasteiger partial charge in [-0.3, -0.25) is 0 Å². The van der Waals surface area contributed by atoms with Crippen molar-refractivity contribution in [1.29, 1.82) is 0 Å². The third-order valence-electron chi connectivity index (χ3n) is 4.23. The van der Waals surface area contributed by atoms with E-state index in [0.717, 1.165) is 25.2 Å². The first-order chi connectivity index (χ1) is 10.7. The maximum Gasteiger partial charge on any atom is 0.161 e. The lowest BCUT2D eigenvalue weighted by molar-refractivity contribution is 0.187. The Bertz CT molecular complexity index is 650. The largest absolute Gasteiger partial charge is 0.383 e. The summed E-state index contributed by atoms with van der Waals surface area (Å²) < 4.78 is 34.1. The molecule has 120 valence electrons. The van der Waals surface area contributed by atoms with Gasteiger partial charge in [0.1, 0.15) is 5.82 Å². The molecule has 6 heteroatoms. The molecule has 1 aromatic carbocycles. The number of hydrogen-bond donors (Lipinski definition) is 1. The summed E-state index contributed by atoms with van der Waals surface area (Å²) >= 11 is 0. The summed E-state index contributed by atoms with van der Waals surface area (Å²) in [6.45, 7) is 2.11. The molecule has 1 N–H and O–H groups in total. The summed E-state index contributed by atoms with van der Waals surface area (Å²) in [4.78, 5) is 4.52. The van der Waals surface area contributed by atoms with Crippen LogP contribution < -0.4 is 5.32 Å². The molecular weight excluding hydrogens is 288 g/mol. The minimum atomic E-state index is -0.855. The molecule has 2 aromatic rings. The van der Waals surface area contributed by atoms with Gasteiger partial charge in [0, 0.05) is 38.2 Å². The van der Waals surface area contributed by atoms with Crippen LogP contribution in [0.5, 0.6) is 0 Å². The highest BCUT2D eigenvalue weighted by molar-refractivity contribution is 5.76. The average molecular weight is 309 g/mol. The summed E-state index contributed by atoms with van der Waals surface area (Å²) in [6, 6.07) is 2.78. The third-order valence-corrected chi connectivity index (χ3v) is 4.23. The Hall–Kier alpha value is -1.53. The molecule has 1 aromatic heterocycles. The van der Waals surface area contributed by atoms with Gasteiger partial charge in [0.25, 0.3) is 0 Å². The van der Waals surface area contributed by atoms with Gasteiger partial charge in [-0.15, -0.1) is 0 Å². The van der Waals surface area contributed by atoms with Gasteiger partial charge in [-0.05, 0) is 19.4 Å². The van der Waals surface area contributed by atoms with E-state index in [1.54, 1.807) is 7.11 Å². The average Bonchev–Trinajstić information content (AvgIpc) is 2.83. The molecule has 0 saturated carbocycles. The van der Waals surface area contributed by atoms with Crippen molar-refractivity contribution < 1.29 is 13.5 Å². The fourth-order valence-electron chi connectivity index (χ4n) is 3.08. The van der Waals surface area contributed by atoms with Crippen LogP contribution in [0.4, 0.5) is 8.78 Å². The first-order valence-electron chi connectivity index (χ1n) is 7.75. The fraction of sp³-hybridized carbons (Fsp3) is 0.562. The van der Waals surface area contributed by atoms with Crippen LogP contribution >= 0.6 is 0 Å². The second kappa shape index (κ2) is 6.71. The number of benzene rings is 1. The standard InChI is InChI=1S/C16H21F2N3O/c1-22-7-6-21-15-10-13(18)12(17)9-14(15)20-16(21)8-11-4-2-3-5-19-11/h9-11,19H,2-8H2,1H3. The van der Waals surface area contributed by atoms with Crippen molar-refractivity contribution in [2.75, 3.05) is 20.3 Å². The predicted molar refractivity (Wildman–Crippen MR) is 80.9 cm³/mol. The normalized spacial score (nSPS) is 19.0. The summed E-state index contributed by atoms with van der Waals surface area (Å²) in [6.07, 6.45) is 4.28. The van der Waals surface area contributed by atoms with Crippen LogP contribution in [0.2, 0.25) is 0 Å². The second-order valence-corrected chi connectivity index (χ2v) is 5.78. The van der Waals surface area contributed by atoms with Crippen molar-refractivity contribution in [1.82, 2.24) is 14.9 Å². The number of imidazole rings is 1. The molecule has 0 radical (unpaired) electrons. The molecule has 0 bridgehead atoms. The van der Waals surface area contributed by atoms with E-state index < -0.39 is 11.6 Å². The minimum absolute atomic E-state index is 0.376. The number of rotatable bonds is 5. The number of piperidine rings is 1. The van der Waals surface area contributed by atoms with Crippen LogP contribution in [0.1, 0.15) is 25.1 Å². The van der Waals surface area contributed by atoms with Gasteiger partial charge in [-0.25, -0.2) is 13.8 Å². The molecule has 4 nitrogen and oxygen atoms in total. The number of methoxy groups -OCH3 is 1. The first kappa shape index (κ1) is 15.4. The quantitative estimate of drug-likeness (QED) is 0.923. The number of aromatic nitrogens is 2. The highest BCUT2D eigenvalue weighted by Crippen LogP contribution is 2.22. The van der Waals surface area contributed by atoms with Gasteiger partial charge in [0.05, 0.1) is 17.6 Å². The Kier molecular flexibility index (Phi) is 4.69. The van der Waals surface area contributed by atoms with Crippen molar-refractivity contribution in [3.8, 4) is 0 Å². The van der Waals surface area contributed by atoms with E-state index in [9.17, 15) is 8.78 Å². The first-order valence-corrected chi connectivity index (χ1v) is 7.75. The SMILES string of the molecule is COCCn1c(CC2CCCCN2)nc2cc(F)c(F)cc21. The Morgan fingerprint density at radius 2 is 2.14 bits per heavy atom. The van der Waals surface area contributed by atoms with E-state index in [0.29, 0.717) is 30.2 Å². The molecule has 1 fully saturated rings. The van der Waals surface area contributed by atoms with Crippen LogP contribution in [0.15, 0.2) is 12.1 Å². The Labute approximate surface area is 128 Å². The van der Waals surface area contributed by atoms with Gasteiger partial charge in [0.2, 0.25) is 0 Å². The molecule has 1 unspecified atom stereocenters. The Morgan fingerprint density at radius 3 is 2.86 bits per heavy atom. The van der Waals surface area contributed by atoms with Crippen LogP contribution in [0.25, 0.3) is 11.0 Å². The summed E-state index contributed by atoms with van der Waals surface area (Å²) in [7, 11) is 1.63. The second-order valence-electron chi connectivity index (χ2n) is 5.78. The molecular formula is C16H21F2N3O. The van der Waals surface area contributed by atoms with E-state index in [1.165, 1.54) is 25.0 Å². The smallest absolute Gasteiger partial charge is 0.161 e. The molecule has 0 aliphatic carbocycles. The van der Waals surface area contributed by atoms with Crippen molar-refractivity contribution in [2.24, 2.45) is 0 Å². The van der Waals surface area contributed by atoms with E-state index in [-0.39, 0.29) is 0 Å². The van der Waals surface area contributed by atoms with Crippen molar-refractivity contribution >= 4 is 11.0 Å². The molecule has 1 aliphatic heterocycles. The van der Waals surface area contributed by atoms with Gasteiger partial charge in [-0.2, -0.15) is 0 Å². The maximum atomic E-state index is 13.6. The molecule has 0 spiro atoms. The third kappa shape index (κ3) is 3.13. The molecule has 0 amide bonds. The van der Waals surface area contributed by atoms with Crippen molar-refractivity contribution in [3.05, 3.63) is 29.6 Å². The van der Waals surface area contributed by atoms with Gasteiger partial charge >= 0.3 is 0 Å². The maximum absolute atomic E-state index is 13.6. The lowest BCUT2D eigenvalue weighted by Gasteiger charge is -2.23. The van der Waals surface area contributed by atoms with Crippen LogP contribution in [0, 0.1) is 11.6 Å². The van der Waals surface area contributed by atoms with Crippen LogP contribution in [-0.2, 0) is 17.7 Å². The van der Waals surface area contributed by atoms with Crippen LogP contribution in [0.3, 0.4) is 0 Å². The number of nitrogens with one attached hydrogen (secondary N) is 1. The van der Waals surface area contributed by atoms with Gasteiger partial charge in [0.15, 0.2) is 11.6 Å². The summed E-state index contributed by atoms with van der Waals surface area (Å²) in [5.41, 5.74) is 1.13. The molecule has 2 heterocycles. The summed E-state index contributed by atoms with van der Waals surface area (Å²) in [5.74, 6) is -0.837. The predicted octanol–water partition coefficient (Wildman–Crippen LogP) is 2.65. The summed E-state index contributed by atoms with van der Waals surface area (Å²) in [5, 5.41) is 3.49. The topological polar surface area (TPSA) is 39.1 Å². The number of nitrogens with zero attached hydrogens (tertiary/aromatic N) is 2. The monoisotopic (exact) mass is 309 g/mol. The molecule has 1 saturated heterocycles. The van der Waals surface area contributed by atoms with Crippen molar-refractivity contribution in [2.45, 2.75) is 38.3 Å². The zero-order chi connectivity index (χ0) is 15.5. The number of hydrogen-bond acceptors (Lipinski definition) is 3. The lowest BCUT2D eigenvalue weighted by atomic mass is 10.0. The van der Waals surface area contributed by atoms with E-state index >= 15 is 0 Å². The van der Waals surface area contributed by atoms with Gasteiger partial charge < -0.3 is 14.6 Å². The molecule has 1 aliphatic rings. The van der Waals surface area contributed by atoms with Crippen molar-refractivity contribution in [3.63, 3.8) is 0 Å². The highest BCUT2D eigenvalue weighted by Gasteiger charge is 2.19. The lowest BCUT2D eigenvalue weighted by Crippen LogP contribution is -2.36. The Morgan fingerprint density at radius 1 is 1.32 bits per heavy atom. The number of fused-ring (bicyclic) bond motifs is 1. The highest BCUT2D eigenvalue weighted by atomic mass is 19.2. The molecule has 1 atom stereocenters. The number of halogens is 2. The van der Waals surface area contributed by atoms with E-state index in [2.05, 4.69) is 10.3 Å². The minimum Gasteiger partial charge on any atom is -0.383 e.